The molecule has 2 aromatic carbocycles. The summed E-state index contributed by atoms with van der Waals surface area (Å²) in [5.41, 5.74) is 1.25. The number of alkyl halides is 2. The first kappa shape index (κ1) is 20.7. The number of sulfone groups is 2. The second-order valence-corrected chi connectivity index (χ2v) is 11.4. The molecule has 1 aliphatic carbocycles. The quantitative estimate of drug-likeness (QED) is 0.609. The Balaban J connectivity index is 2.05. The molecule has 1 aliphatic rings. The Morgan fingerprint density at radius 3 is 2.33 bits per heavy atom. The van der Waals surface area contributed by atoms with Gasteiger partial charge in [-0.05, 0) is 49.1 Å². The van der Waals surface area contributed by atoms with E-state index in [9.17, 15) is 25.6 Å². The third-order valence-corrected chi connectivity index (χ3v) is 8.55. The van der Waals surface area contributed by atoms with Crippen LogP contribution in [0, 0.1) is 6.92 Å². The van der Waals surface area contributed by atoms with E-state index in [1.807, 2.05) is 0 Å². The Hall–Kier alpha value is -2.53. The number of H-pyrrole nitrogens is 1. The topological polar surface area (TPSA) is 106 Å². The van der Waals surface area contributed by atoms with Gasteiger partial charge < -0.3 is 4.74 Å². The molecule has 7 nitrogen and oxygen atoms in total. The minimum absolute atomic E-state index is 0.0236. The summed E-state index contributed by atoms with van der Waals surface area (Å²) in [4.78, 5) is 0.0748. The monoisotopic (exact) mass is 456 g/mol. The van der Waals surface area contributed by atoms with Gasteiger partial charge in [0.05, 0.1) is 25.9 Å². The third kappa shape index (κ3) is 3.56. The summed E-state index contributed by atoms with van der Waals surface area (Å²) < 4.78 is 80.4. The minimum Gasteiger partial charge on any atom is -0.415 e. The lowest BCUT2D eigenvalue weighted by Gasteiger charge is -2.14. The number of rotatable bonds is 6. The smallest absolute Gasteiger partial charge is 0.388 e. The van der Waals surface area contributed by atoms with Crippen LogP contribution in [-0.4, -0.2) is 45.2 Å². The Labute approximate surface area is 171 Å². The highest BCUT2D eigenvalue weighted by atomic mass is 32.2. The zero-order valence-electron chi connectivity index (χ0n) is 16.0. The van der Waals surface area contributed by atoms with Crippen molar-refractivity contribution in [2.75, 3.05) is 6.26 Å². The Morgan fingerprint density at radius 2 is 1.77 bits per heavy atom. The van der Waals surface area contributed by atoms with Gasteiger partial charge in [0.25, 0.3) is 0 Å². The van der Waals surface area contributed by atoms with Crippen molar-refractivity contribution in [3.63, 3.8) is 0 Å². The van der Waals surface area contributed by atoms with Crippen molar-refractivity contribution in [3.05, 3.63) is 35.9 Å². The number of aromatic amines is 1. The maximum atomic E-state index is 13.1. The van der Waals surface area contributed by atoms with E-state index in [4.69, 9.17) is 0 Å². The van der Waals surface area contributed by atoms with E-state index in [0.717, 1.165) is 6.26 Å². The maximum Gasteiger partial charge on any atom is 0.388 e. The average molecular weight is 456 g/mol. The van der Waals surface area contributed by atoms with Crippen molar-refractivity contribution in [1.82, 2.24) is 10.2 Å². The number of hydrogen-bond donors (Lipinski definition) is 1. The summed E-state index contributed by atoms with van der Waals surface area (Å²) in [6.45, 7) is -1.57. The van der Waals surface area contributed by atoms with Crippen molar-refractivity contribution in [3.8, 4) is 17.0 Å². The molecule has 0 aliphatic heterocycles. The number of nitrogens with zero attached hydrogens (tertiary/aromatic N) is 1. The number of aryl methyl sites for hydroxylation is 1. The first-order valence-corrected chi connectivity index (χ1v) is 12.4. The van der Waals surface area contributed by atoms with Crippen molar-refractivity contribution in [1.29, 1.82) is 0 Å². The van der Waals surface area contributed by atoms with E-state index < -0.39 is 37.4 Å². The van der Waals surface area contributed by atoms with Gasteiger partial charge in [0.2, 0.25) is 5.88 Å². The summed E-state index contributed by atoms with van der Waals surface area (Å²) in [5, 5.41) is 5.91. The zero-order valence-corrected chi connectivity index (χ0v) is 17.6. The van der Waals surface area contributed by atoms with Crippen molar-refractivity contribution >= 4 is 30.6 Å². The number of benzene rings is 2. The molecule has 11 heteroatoms. The van der Waals surface area contributed by atoms with Crippen molar-refractivity contribution < 1.29 is 30.4 Å². The fraction of sp³-hybridized carbons (Fsp3) is 0.316. The highest BCUT2D eigenvalue weighted by molar-refractivity contribution is 7.92. The van der Waals surface area contributed by atoms with Gasteiger partial charge in [-0.1, -0.05) is 12.1 Å². The number of aromatic nitrogens is 2. The number of hydrogen-bond acceptors (Lipinski definition) is 6. The summed E-state index contributed by atoms with van der Waals surface area (Å²) in [6.07, 6.45) is 2.12. The normalized spacial score (nSPS) is 15.1. The van der Waals surface area contributed by atoms with Gasteiger partial charge >= 0.3 is 6.61 Å². The summed E-state index contributed by atoms with van der Waals surface area (Å²) >= 11 is 0. The molecular formula is C19H18F2N2O5S2. The zero-order chi connectivity index (χ0) is 21.8. The van der Waals surface area contributed by atoms with E-state index in [-0.39, 0.29) is 20.7 Å². The van der Waals surface area contributed by atoms with Crippen LogP contribution in [0.1, 0.15) is 18.4 Å². The minimum atomic E-state index is -3.71. The van der Waals surface area contributed by atoms with Gasteiger partial charge in [0, 0.05) is 11.8 Å². The van der Waals surface area contributed by atoms with Gasteiger partial charge in [-0.15, -0.1) is 5.10 Å². The first-order valence-electron chi connectivity index (χ1n) is 9.01. The second-order valence-electron chi connectivity index (χ2n) is 7.27. The lowest BCUT2D eigenvalue weighted by atomic mass is 10.00. The van der Waals surface area contributed by atoms with E-state index in [1.165, 1.54) is 30.3 Å². The first-order chi connectivity index (χ1) is 14.0. The van der Waals surface area contributed by atoms with Gasteiger partial charge in [0.1, 0.15) is 0 Å². The van der Waals surface area contributed by atoms with Crippen LogP contribution < -0.4 is 4.74 Å². The predicted molar refractivity (Wildman–Crippen MR) is 106 cm³/mol. The molecule has 0 spiro atoms. The molecule has 3 aromatic rings. The Bertz CT molecular complexity index is 1360. The molecule has 1 N–H and O–H groups in total. The van der Waals surface area contributed by atoms with E-state index >= 15 is 0 Å². The molecule has 0 unspecified atom stereocenters. The van der Waals surface area contributed by atoms with Crippen LogP contribution in [0.4, 0.5) is 8.78 Å². The van der Waals surface area contributed by atoms with Crippen LogP contribution >= 0.6 is 0 Å². The summed E-state index contributed by atoms with van der Waals surface area (Å²) in [5.74, 6) is -0.423. The summed E-state index contributed by atoms with van der Waals surface area (Å²) in [7, 11) is -7.20. The van der Waals surface area contributed by atoms with Crippen LogP contribution in [0.2, 0.25) is 0 Å². The molecule has 1 heterocycles. The number of nitrogens with one attached hydrogen (secondary N) is 1. The lowest BCUT2D eigenvalue weighted by Crippen LogP contribution is -2.10. The fourth-order valence-corrected chi connectivity index (χ4v) is 6.37. The molecule has 0 atom stereocenters. The predicted octanol–water partition coefficient (Wildman–Crippen LogP) is 3.48. The van der Waals surface area contributed by atoms with Crippen LogP contribution in [0.15, 0.2) is 40.1 Å². The SMILES string of the molecule is Cc1cc(-c2c(S(=O)(=O)C3CC3)ccc3[nH]nc(OC(F)F)c23)ccc1S(C)(=O)=O. The molecule has 0 amide bonds. The van der Waals surface area contributed by atoms with E-state index in [2.05, 4.69) is 14.9 Å². The van der Waals surface area contributed by atoms with Crippen LogP contribution in [0.5, 0.6) is 5.88 Å². The molecule has 30 heavy (non-hydrogen) atoms. The number of fused-ring (bicyclic) bond motifs is 1. The highest BCUT2D eigenvalue weighted by Crippen LogP contribution is 2.44. The molecule has 1 saturated carbocycles. The largest absolute Gasteiger partial charge is 0.415 e. The molecule has 1 fully saturated rings. The number of ether oxygens (including phenoxy) is 1. The molecule has 0 bridgehead atoms. The molecule has 4 rings (SSSR count). The highest BCUT2D eigenvalue weighted by Gasteiger charge is 2.39. The number of halogens is 2. The van der Waals surface area contributed by atoms with Crippen LogP contribution in [-0.2, 0) is 19.7 Å². The lowest BCUT2D eigenvalue weighted by molar-refractivity contribution is -0.0518. The van der Waals surface area contributed by atoms with Crippen LogP contribution in [0.25, 0.3) is 22.0 Å². The fourth-order valence-electron chi connectivity index (χ4n) is 3.54. The Morgan fingerprint density at radius 1 is 1.10 bits per heavy atom. The van der Waals surface area contributed by atoms with Gasteiger partial charge in [-0.3, -0.25) is 5.10 Å². The van der Waals surface area contributed by atoms with Gasteiger partial charge in [0.15, 0.2) is 19.7 Å². The molecule has 0 radical (unpaired) electrons. The average Bonchev–Trinajstić information content (AvgIpc) is 3.43. The van der Waals surface area contributed by atoms with Gasteiger partial charge in [-0.25, -0.2) is 16.8 Å². The van der Waals surface area contributed by atoms with E-state index in [1.54, 1.807) is 6.92 Å². The van der Waals surface area contributed by atoms with E-state index in [0.29, 0.717) is 29.5 Å². The van der Waals surface area contributed by atoms with Gasteiger partial charge in [-0.2, -0.15) is 8.78 Å². The second kappa shape index (κ2) is 7.02. The van der Waals surface area contributed by atoms with Crippen molar-refractivity contribution in [2.24, 2.45) is 0 Å². The third-order valence-electron chi connectivity index (χ3n) is 4.99. The molecular weight excluding hydrogens is 438 g/mol. The van der Waals surface area contributed by atoms with Crippen molar-refractivity contribution in [2.45, 2.75) is 41.4 Å². The maximum absolute atomic E-state index is 13.1. The Kier molecular flexibility index (Phi) is 4.85. The summed E-state index contributed by atoms with van der Waals surface area (Å²) in [6, 6.07) is 7.23. The molecule has 1 aromatic heterocycles. The van der Waals surface area contributed by atoms with Crippen LogP contribution in [0.3, 0.4) is 0 Å². The molecule has 0 saturated heterocycles. The molecule has 160 valence electrons. The standard InChI is InChI=1S/C19H18F2N2O5S2/c1-10-9-11(3-7-14(10)29(2,24)25)16-15(30(26,27)12-4-5-12)8-6-13-17(16)18(23-22-13)28-19(20)21/h3,6-9,12,19H,4-5H2,1-2H3,(H,22,23).